The highest BCUT2D eigenvalue weighted by Gasteiger charge is 2.66. The Balaban J connectivity index is 1.95. The fraction of sp³-hybridized carbons (Fsp3) is 0.455. The first-order chi connectivity index (χ1) is 6.12. The second-order valence-electron chi connectivity index (χ2n) is 4.47. The smallest absolute Gasteiger partial charge is 0.0408 e. The minimum atomic E-state index is 0.520. The van der Waals surface area contributed by atoms with Crippen LogP contribution >= 0.6 is 34.2 Å². The molecule has 1 aromatic carbocycles. The lowest BCUT2D eigenvalue weighted by Gasteiger charge is -2.68. The van der Waals surface area contributed by atoms with Gasteiger partial charge in [-0.1, -0.05) is 46.3 Å². The lowest BCUT2D eigenvalue weighted by Crippen LogP contribution is -2.65. The molecule has 4 rings (SSSR count). The van der Waals surface area contributed by atoms with E-state index in [4.69, 9.17) is 11.6 Å². The van der Waals surface area contributed by atoms with Crippen molar-refractivity contribution in [3.63, 3.8) is 0 Å². The second kappa shape index (κ2) is 2.43. The zero-order chi connectivity index (χ0) is 9.10. The van der Waals surface area contributed by atoms with E-state index >= 15 is 0 Å². The Morgan fingerprint density at radius 3 is 2.46 bits per heavy atom. The predicted octanol–water partition coefficient (Wildman–Crippen LogP) is 3.95. The predicted molar refractivity (Wildman–Crippen MR) is 63.7 cm³/mol. The number of halogens is 2. The van der Waals surface area contributed by atoms with Gasteiger partial charge in [-0.15, -0.1) is 0 Å². The SMILES string of the molecule is Clc1cccc(C23CC(I)(C2)C3)c1. The molecule has 3 saturated carbocycles. The zero-order valence-electron chi connectivity index (χ0n) is 7.19. The fourth-order valence-electron chi connectivity index (χ4n) is 2.79. The van der Waals surface area contributed by atoms with Crippen molar-refractivity contribution in [3.8, 4) is 0 Å². The van der Waals surface area contributed by atoms with Gasteiger partial charge in [-0.3, -0.25) is 0 Å². The van der Waals surface area contributed by atoms with Gasteiger partial charge < -0.3 is 0 Å². The van der Waals surface area contributed by atoms with E-state index in [9.17, 15) is 0 Å². The maximum atomic E-state index is 5.98. The number of hydrogen-bond donors (Lipinski definition) is 0. The van der Waals surface area contributed by atoms with Crippen LogP contribution in [0.4, 0.5) is 0 Å². The summed E-state index contributed by atoms with van der Waals surface area (Å²) in [5.41, 5.74) is 1.98. The Morgan fingerprint density at radius 1 is 1.23 bits per heavy atom. The molecule has 0 atom stereocenters. The lowest BCUT2D eigenvalue weighted by molar-refractivity contribution is 0.0220. The first kappa shape index (κ1) is 8.54. The van der Waals surface area contributed by atoms with E-state index in [-0.39, 0.29) is 0 Å². The van der Waals surface area contributed by atoms with E-state index in [2.05, 4.69) is 40.8 Å². The topological polar surface area (TPSA) is 0 Å². The van der Waals surface area contributed by atoms with Gasteiger partial charge in [0.05, 0.1) is 0 Å². The summed E-state index contributed by atoms with van der Waals surface area (Å²) < 4.78 is 0.653. The molecule has 13 heavy (non-hydrogen) atoms. The van der Waals surface area contributed by atoms with Gasteiger partial charge in [-0.2, -0.15) is 0 Å². The fourth-order valence-corrected chi connectivity index (χ4v) is 5.17. The normalized spacial score (nSPS) is 40.8. The zero-order valence-corrected chi connectivity index (χ0v) is 10.1. The standard InChI is InChI=1S/C11H10ClI/c12-9-3-1-2-8(4-9)10-5-11(13,6-10)7-10/h1-4H,5-7H2. The first-order valence-electron chi connectivity index (χ1n) is 4.57. The van der Waals surface area contributed by atoms with Crippen molar-refractivity contribution in [2.24, 2.45) is 0 Å². The molecule has 0 N–H and O–H groups in total. The molecule has 0 aliphatic heterocycles. The van der Waals surface area contributed by atoms with E-state index in [0.717, 1.165) is 5.02 Å². The van der Waals surface area contributed by atoms with E-state index in [1.165, 1.54) is 24.8 Å². The van der Waals surface area contributed by atoms with Gasteiger partial charge in [0, 0.05) is 8.44 Å². The summed E-state index contributed by atoms with van der Waals surface area (Å²) in [7, 11) is 0. The summed E-state index contributed by atoms with van der Waals surface area (Å²) in [6, 6.07) is 8.38. The molecule has 2 bridgehead atoms. The molecule has 0 heterocycles. The van der Waals surface area contributed by atoms with Crippen LogP contribution in [0.25, 0.3) is 0 Å². The quantitative estimate of drug-likeness (QED) is 0.544. The lowest BCUT2D eigenvalue weighted by atomic mass is 9.42. The third-order valence-corrected chi connectivity index (χ3v) is 4.78. The van der Waals surface area contributed by atoms with Gasteiger partial charge >= 0.3 is 0 Å². The summed E-state index contributed by atoms with van der Waals surface area (Å²) >= 11 is 8.59. The van der Waals surface area contributed by atoms with Crippen molar-refractivity contribution < 1.29 is 0 Å². The van der Waals surface area contributed by atoms with Crippen molar-refractivity contribution in [3.05, 3.63) is 34.9 Å². The molecule has 3 aliphatic rings. The third-order valence-electron chi connectivity index (χ3n) is 3.40. The Morgan fingerprint density at radius 2 is 1.92 bits per heavy atom. The van der Waals surface area contributed by atoms with E-state index in [1.807, 2.05) is 6.07 Å². The van der Waals surface area contributed by atoms with Crippen LogP contribution in [0.1, 0.15) is 24.8 Å². The van der Waals surface area contributed by atoms with Gasteiger partial charge in [-0.05, 0) is 42.4 Å². The number of alkyl halides is 1. The molecule has 0 unspecified atom stereocenters. The summed E-state index contributed by atoms with van der Waals surface area (Å²) in [4.78, 5) is 0. The van der Waals surface area contributed by atoms with Crippen LogP contribution in [0.3, 0.4) is 0 Å². The highest BCUT2D eigenvalue weighted by Crippen LogP contribution is 2.72. The Bertz CT molecular complexity index is 352. The highest BCUT2D eigenvalue weighted by molar-refractivity contribution is 14.1. The molecule has 1 aromatic rings. The molecule has 3 aliphatic carbocycles. The molecule has 0 spiro atoms. The second-order valence-corrected chi connectivity index (χ2v) is 7.20. The van der Waals surface area contributed by atoms with E-state index in [1.54, 1.807) is 0 Å². The van der Waals surface area contributed by atoms with Crippen molar-refractivity contribution in [1.29, 1.82) is 0 Å². The number of rotatable bonds is 1. The van der Waals surface area contributed by atoms with Crippen molar-refractivity contribution in [2.45, 2.75) is 28.1 Å². The maximum absolute atomic E-state index is 5.98. The maximum Gasteiger partial charge on any atom is 0.0408 e. The monoisotopic (exact) mass is 304 g/mol. The van der Waals surface area contributed by atoms with Gasteiger partial charge in [0.25, 0.3) is 0 Å². The average Bonchev–Trinajstić information content (AvgIpc) is 1.97. The van der Waals surface area contributed by atoms with Crippen LogP contribution in [0.15, 0.2) is 24.3 Å². The summed E-state index contributed by atoms with van der Waals surface area (Å²) in [5, 5.41) is 0.879. The summed E-state index contributed by atoms with van der Waals surface area (Å²) in [5.74, 6) is 0. The summed E-state index contributed by atoms with van der Waals surface area (Å²) in [6.45, 7) is 0. The van der Waals surface area contributed by atoms with Crippen molar-refractivity contribution >= 4 is 34.2 Å². The molecule has 2 heteroatoms. The third kappa shape index (κ3) is 1.09. The van der Waals surface area contributed by atoms with Crippen LogP contribution in [0, 0.1) is 0 Å². The van der Waals surface area contributed by atoms with Crippen LogP contribution < -0.4 is 0 Å². The first-order valence-corrected chi connectivity index (χ1v) is 6.03. The Kier molecular flexibility index (Phi) is 1.59. The molecule has 0 radical (unpaired) electrons. The molecule has 3 fully saturated rings. The van der Waals surface area contributed by atoms with Gasteiger partial charge in [-0.25, -0.2) is 0 Å². The van der Waals surface area contributed by atoms with Crippen LogP contribution in [-0.4, -0.2) is 3.42 Å². The van der Waals surface area contributed by atoms with Crippen LogP contribution in [-0.2, 0) is 5.41 Å². The van der Waals surface area contributed by atoms with E-state index in [0.29, 0.717) is 8.84 Å². The molecule has 0 saturated heterocycles. The van der Waals surface area contributed by atoms with E-state index < -0.39 is 0 Å². The highest BCUT2D eigenvalue weighted by atomic mass is 127. The molecule has 0 aromatic heterocycles. The Labute approximate surface area is 96.8 Å². The van der Waals surface area contributed by atoms with Crippen LogP contribution in [0.5, 0.6) is 0 Å². The molecule has 0 amide bonds. The number of hydrogen-bond acceptors (Lipinski definition) is 0. The minimum Gasteiger partial charge on any atom is -0.0843 e. The molecular formula is C11H10ClI. The van der Waals surface area contributed by atoms with Crippen LogP contribution in [0.2, 0.25) is 5.02 Å². The van der Waals surface area contributed by atoms with Gasteiger partial charge in [0.2, 0.25) is 0 Å². The largest absolute Gasteiger partial charge is 0.0843 e. The van der Waals surface area contributed by atoms with Gasteiger partial charge in [0.1, 0.15) is 0 Å². The van der Waals surface area contributed by atoms with Crippen molar-refractivity contribution in [2.75, 3.05) is 0 Å². The molecule has 0 nitrogen and oxygen atoms in total. The van der Waals surface area contributed by atoms with Gasteiger partial charge in [0.15, 0.2) is 0 Å². The summed E-state index contributed by atoms with van der Waals surface area (Å²) in [6.07, 6.45) is 4.09. The van der Waals surface area contributed by atoms with Crippen molar-refractivity contribution in [1.82, 2.24) is 0 Å². The average molecular weight is 305 g/mol. The minimum absolute atomic E-state index is 0.520. The number of benzene rings is 1. The Hall–Kier alpha value is 0.240. The molecular weight excluding hydrogens is 294 g/mol. The molecule has 68 valence electrons.